The molecule has 2 radical (unpaired) electrons. The summed E-state index contributed by atoms with van der Waals surface area (Å²) in [5.41, 5.74) is 23.6. The zero-order valence-electron chi connectivity index (χ0n) is 30.8. The maximum Gasteiger partial charge on any atom is 0.117 e. The number of para-hydroxylation sites is 2. The van der Waals surface area contributed by atoms with Gasteiger partial charge in [-0.15, -0.1) is 0 Å². The van der Waals surface area contributed by atoms with E-state index < -0.39 is 5.41 Å². The first-order chi connectivity index (χ1) is 25.8. The van der Waals surface area contributed by atoms with Crippen molar-refractivity contribution in [3.63, 3.8) is 0 Å². The Labute approximate surface area is 314 Å². The molecule has 0 N–H and O–H groups in total. The van der Waals surface area contributed by atoms with Crippen LogP contribution in [0, 0.1) is 6.92 Å². The van der Waals surface area contributed by atoms with Gasteiger partial charge in [-0.2, -0.15) is 0 Å². The van der Waals surface area contributed by atoms with E-state index in [4.69, 9.17) is 7.85 Å². The predicted octanol–water partition coefficient (Wildman–Crippen LogP) is 11.8. The summed E-state index contributed by atoms with van der Waals surface area (Å²) in [5.74, 6) is 0.0290. The number of allylic oxidation sites excluding steroid dienone is 5. The van der Waals surface area contributed by atoms with Crippen LogP contribution in [0.25, 0.3) is 16.7 Å². The van der Waals surface area contributed by atoms with Crippen LogP contribution in [0.1, 0.15) is 89.6 Å². The Hall–Kier alpha value is -5.60. The van der Waals surface area contributed by atoms with Gasteiger partial charge in [0.15, 0.2) is 0 Å². The Kier molecular flexibility index (Phi) is 6.27. The van der Waals surface area contributed by atoms with Crippen LogP contribution in [0.2, 0.25) is 0 Å². The van der Waals surface area contributed by atoms with Crippen molar-refractivity contribution in [2.75, 3.05) is 4.90 Å². The average molecular weight is 678 g/mol. The minimum atomic E-state index is -0.539. The number of fused-ring (bicyclic) bond motifs is 11. The fourth-order valence-corrected chi connectivity index (χ4v) is 11.1. The molecule has 6 aromatic rings. The molecule has 2 heterocycles. The van der Waals surface area contributed by atoms with Crippen LogP contribution in [0.4, 0.5) is 17.1 Å². The quantitative estimate of drug-likeness (QED) is 0.165. The van der Waals surface area contributed by atoms with Crippen molar-refractivity contribution in [1.29, 1.82) is 0 Å². The topological polar surface area (TPSA) is 3.24 Å². The van der Waals surface area contributed by atoms with E-state index in [1.165, 1.54) is 89.3 Å². The van der Waals surface area contributed by atoms with E-state index in [2.05, 4.69) is 172 Å². The normalized spacial score (nSPS) is 20.9. The lowest BCUT2D eigenvalue weighted by Crippen LogP contribution is -2.40. The highest BCUT2D eigenvalue weighted by Crippen LogP contribution is 2.66. The minimum Gasteiger partial charge on any atom is -0.310 e. The van der Waals surface area contributed by atoms with E-state index in [1.807, 2.05) is 0 Å². The molecule has 2 aliphatic heterocycles. The predicted molar refractivity (Wildman–Crippen MR) is 221 cm³/mol. The highest BCUT2D eigenvalue weighted by atomic mass is 15.2. The van der Waals surface area contributed by atoms with E-state index in [0.29, 0.717) is 0 Å². The lowest BCUT2D eigenvalue weighted by molar-refractivity contribution is 0.603. The molecule has 5 aliphatic rings. The second-order valence-electron chi connectivity index (χ2n) is 16.3. The van der Waals surface area contributed by atoms with Gasteiger partial charge in [0, 0.05) is 17.0 Å². The third-order valence-corrected chi connectivity index (χ3v) is 13.1. The molecule has 0 fully saturated rings. The summed E-state index contributed by atoms with van der Waals surface area (Å²) < 4.78 is 0. The van der Waals surface area contributed by atoms with Crippen molar-refractivity contribution in [2.24, 2.45) is 0 Å². The molecule has 53 heavy (non-hydrogen) atoms. The number of hydrogen-bond acceptors (Lipinski definition) is 1. The SMILES string of the molecule is [B]c1c2cc(C)cc1N1c3ccccc3C(C3=CCCC(C)=C3)(c3ccccc3)c3cccc(c31)C1C3=C(c4ccccc4C3(C)C)c3cccc-2c31. The second kappa shape index (κ2) is 10.7. The number of aryl methyl sites for hydroxylation is 1. The van der Waals surface area contributed by atoms with Crippen LogP contribution in [0.5, 0.6) is 0 Å². The smallest absolute Gasteiger partial charge is 0.117 e. The van der Waals surface area contributed by atoms with Crippen LogP contribution in [0.15, 0.2) is 156 Å². The van der Waals surface area contributed by atoms with Crippen molar-refractivity contribution in [3.05, 3.63) is 206 Å². The Morgan fingerprint density at radius 3 is 2.19 bits per heavy atom. The van der Waals surface area contributed by atoms with Gasteiger partial charge in [0.25, 0.3) is 0 Å². The molecular formula is C51H40BN. The molecule has 2 atom stereocenters. The molecule has 2 unspecified atom stereocenters. The van der Waals surface area contributed by atoms with Gasteiger partial charge in [-0.05, 0) is 117 Å². The van der Waals surface area contributed by atoms with Gasteiger partial charge in [-0.3, -0.25) is 0 Å². The third kappa shape index (κ3) is 3.84. The summed E-state index contributed by atoms with van der Waals surface area (Å²) in [6.45, 7) is 9.41. The maximum atomic E-state index is 7.55. The number of hydrogen-bond donors (Lipinski definition) is 0. The molecule has 1 nitrogen and oxygen atoms in total. The molecule has 6 aromatic carbocycles. The third-order valence-electron chi connectivity index (χ3n) is 13.1. The van der Waals surface area contributed by atoms with E-state index in [1.54, 1.807) is 0 Å². The standard InChI is InChI=1S/C51H40BN/c1-30-15-12-18-33(27-30)51(32-16-6-5-7-17-32)40-24-10-11-26-42(40)53-43-29-31(2)28-38(48(43)52)34-20-13-21-36-44(34)46(37-22-14-25-41(51)49(37)53)47-45(36)35-19-8-9-23-39(35)50(47,3)4/h5-11,13-14,16-29,46H,12,15H2,1-4H3. The van der Waals surface area contributed by atoms with Crippen molar-refractivity contribution >= 4 is 35.9 Å². The number of benzene rings is 6. The van der Waals surface area contributed by atoms with Crippen LogP contribution < -0.4 is 10.4 Å². The van der Waals surface area contributed by atoms with Crippen LogP contribution in [-0.2, 0) is 10.8 Å². The van der Waals surface area contributed by atoms with E-state index in [0.717, 1.165) is 29.6 Å². The lowest BCUT2D eigenvalue weighted by atomic mass is 9.60. The monoisotopic (exact) mass is 677 g/mol. The number of nitrogens with zero attached hydrogens (tertiary/aromatic N) is 1. The molecule has 0 saturated carbocycles. The zero-order valence-corrected chi connectivity index (χ0v) is 30.8. The first-order valence-corrected chi connectivity index (χ1v) is 19.2. The Morgan fingerprint density at radius 2 is 1.36 bits per heavy atom. The Morgan fingerprint density at radius 1 is 0.660 bits per heavy atom. The first kappa shape index (κ1) is 31.0. The van der Waals surface area contributed by atoms with Crippen LogP contribution in [0.3, 0.4) is 0 Å². The van der Waals surface area contributed by atoms with Gasteiger partial charge in [-0.1, -0.05) is 152 Å². The molecule has 11 rings (SSSR count). The van der Waals surface area contributed by atoms with Crippen molar-refractivity contribution in [2.45, 2.75) is 57.3 Å². The second-order valence-corrected chi connectivity index (χ2v) is 16.3. The van der Waals surface area contributed by atoms with E-state index in [9.17, 15) is 0 Å². The molecule has 0 aromatic heterocycles. The molecule has 0 saturated heterocycles. The molecule has 0 spiro atoms. The van der Waals surface area contributed by atoms with Gasteiger partial charge < -0.3 is 4.90 Å². The highest BCUT2D eigenvalue weighted by Gasteiger charge is 2.53. The zero-order chi connectivity index (χ0) is 35.8. The number of rotatable bonds is 2. The van der Waals surface area contributed by atoms with Gasteiger partial charge in [0.2, 0.25) is 0 Å². The summed E-state index contributed by atoms with van der Waals surface area (Å²) >= 11 is 0. The van der Waals surface area contributed by atoms with E-state index >= 15 is 0 Å². The fraction of sp³-hybridized carbons (Fsp3) is 0.176. The highest BCUT2D eigenvalue weighted by molar-refractivity contribution is 6.40. The molecular weight excluding hydrogens is 637 g/mol. The largest absolute Gasteiger partial charge is 0.310 e. The van der Waals surface area contributed by atoms with Crippen molar-refractivity contribution in [1.82, 2.24) is 0 Å². The molecule has 0 amide bonds. The molecule has 252 valence electrons. The fourth-order valence-electron chi connectivity index (χ4n) is 11.1. The van der Waals surface area contributed by atoms with Crippen molar-refractivity contribution in [3.8, 4) is 11.1 Å². The van der Waals surface area contributed by atoms with E-state index in [-0.39, 0.29) is 11.3 Å². The van der Waals surface area contributed by atoms with Gasteiger partial charge in [0.1, 0.15) is 7.85 Å². The van der Waals surface area contributed by atoms with Gasteiger partial charge >= 0.3 is 0 Å². The summed E-state index contributed by atoms with van der Waals surface area (Å²) in [4.78, 5) is 2.55. The molecule has 2 heteroatoms. The first-order valence-electron chi connectivity index (χ1n) is 19.2. The summed E-state index contributed by atoms with van der Waals surface area (Å²) in [6, 6.07) is 48.3. The summed E-state index contributed by atoms with van der Waals surface area (Å²) in [5, 5.41) is 0. The Balaban J connectivity index is 1.36. The van der Waals surface area contributed by atoms with Crippen LogP contribution >= 0.6 is 0 Å². The lowest BCUT2D eigenvalue weighted by Gasteiger charge is -2.49. The number of anilines is 3. The summed E-state index contributed by atoms with van der Waals surface area (Å²) in [7, 11) is 7.55. The molecule has 3 aliphatic carbocycles. The average Bonchev–Trinajstić information content (AvgIpc) is 3.65. The minimum absolute atomic E-state index is 0.0290. The van der Waals surface area contributed by atoms with Crippen LogP contribution in [-0.4, -0.2) is 7.85 Å². The maximum absolute atomic E-state index is 7.55. The van der Waals surface area contributed by atoms with Gasteiger partial charge in [0.05, 0.1) is 16.8 Å². The Bertz CT molecular complexity index is 2690. The van der Waals surface area contributed by atoms with Crippen molar-refractivity contribution < 1.29 is 0 Å². The van der Waals surface area contributed by atoms with Gasteiger partial charge in [-0.25, -0.2) is 0 Å². The molecule has 2 bridgehead atoms. The summed E-state index contributed by atoms with van der Waals surface area (Å²) in [6.07, 6.45) is 7.12.